The molecule has 0 radical (unpaired) electrons. The Morgan fingerprint density at radius 1 is 1.26 bits per heavy atom. The van der Waals surface area contributed by atoms with E-state index in [-0.39, 0.29) is 12.3 Å². The molecule has 0 aliphatic heterocycles. The molecule has 104 valence electrons. The van der Waals surface area contributed by atoms with Crippen LogP contribution in [0.2, 0.25) is 0 Å². The Kier molecular flexibility index (Phi) is 3.84. The van der Waals surface area contributed by atoms with Crippen molar-refractivity contribution >= 4 is 5.91 Å². The number of aliphatic hydroxyl groups excluding tert-OH is 1. The first-order valence-corrected chi connectivity index (χ1v) is 6.32. The van der Waals surface area contributed by atoms with Crippen molar-refractivity contribution in [2.45, 2.75) is 37.6 Å². The molecule has 1 aromatic heterocycles. The molecule has 0 unspecified atom stereocenters. The third-order valence-corrected chi connectivity index (χ3v) is 3.50. The third-order valence-electron chi connectivity index (χ3n) is 3.50. The van der Waals surface area contributed by atoms with Crippen LogP contribution in [0.1, 0.15) is 42.6 Å². The molecular weight excluding hydrogens is 250 g/mol. The lowest BCUT2D eigenvalue weighted by Crippen LogP contribution is -2.53. The van der Waals surface area contributed by atoms with Crippen LogP contribution < -0.4 is 16.6 Å². The molecule has 0 atom stereocenters. The SMILES string of the molecule is O=C(NC1(CO)CCCCC1)c1cc(=O)[nH]c(=O)[nH]1. The number of aromatic amines is 2. The lowest BCUT2D eigenvalue weighted by molar-refractivity contribution is 0.0753. The van der Waals surface area contributed by atoms with Gasteiger partial charge in [-0.2, -0.15) is 0 Å². The number of aliphatic hydroxyl groups is 1. The van der Waals surface area contributed by atoms with Crippen LogP contribution in [0.3, 0.4) is 0 Å². The molecule has 19 heavy (non-hydrogen) atoms. The highest BCUT2D eigenvalue weighted by Gasteiger charge is 2.33. The van der Waals surface area contributed by atoms with E-state index in [0.29, 0.717) is 12.8 Å². The van der Waals surface area contributed by atoms with Gasteiger partial charge in [0.15, 0.2) is 0 Å². The van der Waals surface area contributed by atoms with Crippen LogP contribution in [0.25, 0.3) is 0 Å². The molecule has 7 heteroatoms. The van der Waals surface area contributed by atoms with E-state index in [1.165, 1.54) is 0 Å². The summed E-state index contributed by atoms with van der Waals surface area (Å²) in [6, 6.07) is 1.03. The van der Waals surface area contributed by atoms with E-state index in [9.17, 15) is 19.5 Å². The van der Waals surface area contributed by atoms with Crippen molar-refractivity contribution in [3.05, 3.63) is 32.6 Å². The van der Waals surface area contributed by atoms with E-state index in [1.807, 2.05) is 4.98 Å². The Balaban J connectivity index is 2.19. The Hall–Kier alpha value is -1.89. The van der Waals surface area contributed by atoms with Gasteiger partial charge in [0.2, 0.25) is 0 Å². The van der Waals surface area contributed by atoms with Crippen molar-refractivity contribution in [1.29, 1.82) is 0 Å². The fourth-order valence-corrected chi connectivity index (χ4v) is 2.45. The van der Waals surface area contributed by atoms with Crippen molar-refractivity contribution in [3.8, 4) is 0 Å². The van der Waals surface area contributed by atoms with Crippen LogP contribution in [-0.4, -0.2) is 33.1 Å². The third kappa shape index (κ3) is 3.11. The van der Waals surface area contributed by atoms with Crippen molar-refractivity contribution < 1.29 is 9.90 Å². The van der Waals surface area contributed by atoms with Crippen LogP contribution >= 0.6 is 0 Å². The van der Waals surface area contributed by atoms with Gasteiger partial charge in [0.25, 0.3) is 11.5 Å². The summed E-state index contributed by atoms with van der Waals surface area (Å²) in [5.41, 5.74) is -2.09. The highest BCUT2D eigenvalue weighted by Crippen LogP contribution is 2.27. The minimum atomic E-state index is -0.723. The zero-order valence-electron chi connectivity index (χ0n) is 10.5. The van der Waals surface area contributed by atoms with E-state index in [4.69, 9.17) is 0 Å². The fraction of sp³-hybridized carbons (Fsp3) is 0.583. The molecule has 2 rings (SSSR count). The average Bonchev–Trinajstić information content (AvgIpc) is 2.38. The second kappa shape index (κ2) is 5.40. The van der Waals surface area contributed by atoms with Gasteiger partial charge in [-0.1, -0.05) is 19.3 Å². The Morgan fingerprint density at radius 3 is 2.53 bits per heavy atom. The molecule has 0 aromatic carbocycles. The van der Waals surface area contributed by atoms with Crippen molar-refractivity contribution in [3.63, 3.8) is 0 Å². The van der Waals surface area contributed by atoms with Crippen molar-refractivity contribution in [2.24, 2.45) is 0 Å². The van der Waals surface area contributed by atoms with E-state index < -0.39 is 22.7 Å². The summed E-state index contributed by atoms with van der Waals surface area (Å²) in [5.74, 6) is -0.542. The second-order valence-corrected chi connectivity index (χ2v) is 4.95. The molecular formula is C12H17N3O4. The number of rotatable bonds is 3. The highest BCUT2D eigenvalue weighted by molar-refractivity contribution is 5.92. The summed E-state index contributed by atoms with van der Waals surface area (Å²) in [6.07, 6.45) is 4.35. The Labute approximate surface area is 109 Å². The van der Waals surface area contributed by atoms with Crippen LogP contribution in [0.4, 0.5) is 0 Å². The van der Waals surface area contributed by atoms with Crippen LogP contribution in [0, 0.1) is 0 Å². The maximum Gasteiger partial charge on any atom is 0.326 e. The normalized spacial score (nSPS) is 17.9. The molecule has 1 amide bonds. The highest BCUT2D eigenvalue weighted by atomic mass is 16.3. The molecule has 0 saturated heterocycles. The molecule has 0 bridgehead atoms. The predicted octanol–water partition coefficient (Wildman–Crippen LogP) is -0.512. The van der Waals surface area contributed by atoms with Gasteiger partial charge in [-0.25, -0.2) is 4.79 Å². The van der Waals surface area contributed by atoms with Gasteiger partial charge in [0.05, 0.1) is 12.1 Å². The molecule has 1 saturated carbocycles. The molecule has 1 fully saturated rings. The zero-order chi connectivity index (χ0) is 13.9. The number of H-pyrrole nitrogens is 2. The summed E-state index contributed by atoms with van der Waals surface area (Å²) in [7, 11) is 0. The summed E-state index contributed by atoms with van der Waals surface area (Å²) < 4.78 is 0. The summed E-state index contributed by atoms with van der Waals surface area (Å²) in [6.45, 7) is -0.147. The molecule has 1 aliphatic carbocycles. The van der Waals surface area contributed by atoms with E-state index in [2.05, 4.69) is 10.3 Å². The topological polar surface area (TPSA) is 115 Å². The largest absolute Gasteiger partial charge is 0.394 e. The van der Waals surface area contributed by atoms with Crippen molar-refractivity contribution in [1.82, 2.24) is 15.3 Å². The number of carbonyl (C=O) groups is 1. The smallest absolute Gasteiger partial charge is 0.326 e. The minimum Gasteiger partial charge on any atom is -0.394 e. The number of hydrogen-bond acceptors (Lipinski definition) is 4. The first-order valence-electron chi connectivity index (χ1n) is 6.32. The van der Waals surface area contributed by atoms with Gasteiger partial charge in [-0.05, 0) is 12.8 Å². The Morgan fingerprint density at radius 2 is 1.95 bits per heavy atom. The lowest BCUT2D eigenvalue weighted by Gasteiger charge is -2.36. The van der Waals surface area contributed by atoms with Crippen LogP contribution in [0.5, 0.6) is 0 Å². The summed E-state index contributed by atoms with van der Waals surface area (Å²) in [4.78, 5) is 38.6. The predicted molar refractivity (Wildman–Crippen MR) is 68.1 cm³/mol. The first kappa shape index (κ1) is 13.5. The number of nitrogens with one attached hydrogen (secondary N) is 3. The maximum atomic E-state index is 12.0. The van der Waals surface area contributed by atoms with Gasteiger partial charge >= 0.3 is 5.69 Å². The number of hydrogen-bond donors (Lipinski definition) is 4. The van der Waals surface area contributed by atoms with Gasteiger partial charge in [-0.15, -0.1) is 0 Å². The molecule has 4 N–H and O–H groups in total. The molecule has 1 aliphatic rings. The second-order valence-electron chi connectivity index (χ2n) is 4.95. The standard InChI is InChI=1S/C12H17N3O4/c16-7-12(4-2-1-3-5-12)15-10(18)8-6-9(17)14-11(19)13-8/h6,16H,1-5,7H2,(H,15,18)(H2,13,14,17,19). The average molecular weight is 267 g/mol. The number of amides is 1. The van der Waals surface area contributed by atoms with Crippen molar-refractivity contribution in [2.75, 3.05) is 6.61 Å². The first-order chi connectivity index (χ1) is 9.04. The number of carbonyl (C=O) groups excluding carboxylic acids is 1. The Bertz CT molecular complexity index is 541. The summed E-state index contributed by atoms with van der Waals surface area (Å²) in [5, 5.41) is 12.2. The zero-order valence-corrected chi connectivity index (χ0v) is 10.5. The van der Waals surface area contributed by atoms with Gasteiger partial charge in [-0.3, -0.25) is 14.6 Å². The molecule has 0 spiro atoms. The molecule has 1 aromatic rings. The van der Waals surface area contributed by atoms with E-state index in [1.54, 1.807) is 0 Å². The van der Waals surface area contributed by atoms with Crippen LogP contribution in [-0.2, 0) is 0 Å². The quantitative estimate of drug-likeness (QED) is 0.590. The number of aromatic nitrogens is 2. The van der Waals surface area contributed by atoms with E-state index >= 15 is 0 Å². The van der Waals surface area contributed by atoms with Gasteiger partial charge in [0, 0.05) is 6.07 Å². The fourth-order valence-electron chi connectivity index (χ4n) is 2.45. The van der Waals surface area contributed by atoms with E-state index in [0.717, 1.165) is 25.3 Å². The maximum absolute atomic E-state index is 12.0. The molecule has 7 nitrogen and oxygen atoms in total. The van der Waals surface area contributed by atoms with Crippen LogP contribution in [0.15, 0.2) is 15.7 Å². The summed E-state index contributed by atoms with van der Waals surface area (Å²) >= 11 is 0. The minimum absolute atomic E-state index is 0.0906. The van der Waals surface area contributed by atoms with Gasteiger partial charge in [0.1, 0.15) is 5.69 Å². The monoisotopic (exact) mass is 267 g/mol. The lowest BCUT2D eigenvalue weighted by atomic mass is 9.82. The molecule has 1 heterocycles. The van der Waals surface area contributed by atoms with Gasteiger partial charge < -0.3 is 15.4 Å².